The standard InChI is InChI=1S/C18H24N4O3/c1-12-5-7-20-22(12)8-6-16(24)21-18(14-9-15(23)10-14)13-3-4-17(25-2)19-11-13/h3-5,7,11,14-15,18,23H,6,8-10H2,1-2H3,(H,21,24). The number of methoxy groups -OCH3 is 1. The highest BCUT2D eigenvalue weighted by Crippen LogP contribution is 2.38. The fourth-order valence-corrected chi connectivity index (χ4v) is 3.16. The predicted octanol–water partition coefficient (Wildman–Crippen LogP) is 1.61. The predicted molar refractivity (Wildman–Crippen MR) is 92.0 cm³/mol. The molecule has 2 N–H and O–H groups in total. The van der Waals surface area contributed by atoms with Crippen LogP contribution in [0.2, 0.25) is 0 Å². The molecule has 0 spiro atoms. The minimum atomic E-state index is -0.276. The SMILES string of the molecule is COc1ccc(C(NC(=O)CCn2nccc2C)C2CC(O)C2)cn1. The van der Waals surface area contributed by atoms with Crippen LogP contribution in [0.25, 0.3) is 0 Å². The zero-order valence-corrected chi connectivity index (χ0v) is 14.6. The average Bonchev–Trinajstić information content (AvgIpc) is 3.00. The van der Waals surface area contributed by atoms with Gasteiger partial charge in [0.2, 0.25) is 11.8 Å². The summed E-state index contributed by atoms with van der Waals surface area (Å²) in [5.41, 5.74) is 1.96. The van der Waals surface area contributed by atoms with Crippen molar-refractivity contribution < 1.29 is 14.6 Å². The maximum Gasteiger partial charge on any atom is 0.222 e. The molecule has 2 aromatic rings. The maximum absolute atomic E-state index is 12.4. The number of pyridine rings is 1. The number of nitrogens with zero attached hydrogens (tertiary/aromatic N) is 3. The van der Waals surface area contributed by atoms with Crippen LogP contribution < -0.4 is 10.1 Å². The van der Waals surface area contributed by atoms with Gasteiger partial charge >= 0.3 is 0 Å². The van der Waals surface area contributed by atoms with Crippen molar-refractivity contribution in [2.75, 3.05) is 7.11 Å². The molecule has 25 heavy (non-hydrogen) atoms. The van der Waals surface area contributed by atoms with Gasteiger partial charge in [0, 0.05) is 37.1 Å². The summed E-state index contributed by atoms with van der Waals surface area (Å²) < 4.78 is 6.91. The Hall–Kier alpha value is -2.41. The number of hydrogen-bond acceptors (Lipinski definition) is 5. The molecule has 1 amide bonds. The van der Waals surface area contributed by atoms with E-state index >= 15 is 0 Å². The number of hydrogen-bond donors (Lipinski definition) is 2. The molecule has 1 fully saturated rings. The van der Waals surface area contributed by atoms with Crippen LogP contribution in [-0.4, -0.2) is 39.0 Å². The van der Waals surface area contributed by atoms with Crippen LogP contribution in [0.4, 0.5) is 0 Å². The second-order valence-corrected chi connectivity index (χ2v) is 6.51. The van der Waals surface area contributed by atoms with Gasteiger partial charge < -0.3 is 15.2 Å². The van der Waals surface area contributed by atoms with Crippen molar-refractivity contribution >= 4 is 5.91 Å². The second-order valence-electron chi connectivity index (χ2n) is 6.51. The van der Waals surface area contributed by atoms with Crippen LogP contribution in [0.3, 0.4) is 0 Å². The van der Waals surface area contributed by atoms with E-state index in [1.165, 1.54) is 0 Å². The van der Waals surface area contributed by atoms with E-state index in [0.29, 0.717) is 31.7 Å². The van der Waals surface area contributed by atoms with Crippen LogP contribution in [0, 0.1) is 12.8 Å². The first-order chi connectivity index (χ1) is 12.1. The molecule has 7 nitrogen and oxygen atoms in total. The minimum absolute atomic E-state index is 0.0305. The number of amides is 1. The first-order valence-electron chi connectivity index (χ1n) is 8.52. The van der Waals surface area contributed by atoms with E-state index in [1.54, 1.807) is 25.6 Å². The Morgan fingerprint density at radius 3 is 2.80 bits per heavy atom. The summed E-state index contributed by atoms with van der Waals surface area (Å²) in [6, 6.07) is 5.47. The van der Waals surface area contributed by atoms with E-state index in [4.69, 9.17) is 4.74 Å². The lowest BCUT2D eigenvalue weighted by molar-refractivity contribution is -0.123. The second kappa shape index (κ2) is 7.65. The average molecular weight is 344 g/mol. The molecule has 1 aliphatic rings. The van der Waals surface area contributed by atoms with Gasteiger partial charge in [-0.15, -0.1) is 0 Å². The van der Waals surface area contributed by atoms with Gasteiger partial charge in [-0.2, -0.15) is 5.10 Å². The summed E-state index contributed by atoms with van der Waals surface area (Å²) in [5, 5.41) is 16.9. The number of aliphatic hydroxyl groups excluding tert-OH is 1. The molecule has 1 aliphatic carbocycles. The zero-order chi connectivity index (χ0) is 17.8. The van der Waals surface area contributed by atoms with E-state index < -0.39 is 0 Å². The lowest BCUT2D eigenvalue weighted by Gasteiger charge is -2.38. The van der Waals surface area contributed by atoms with Crippen molar-refractivity contribution in [1.82, 2.24) is 20.1 Å². The molecular formula is C18H24N4O3. The molecule has 0 saturated heterocycles. The molecule has 1 atom stereocenters. The number of carbonyl (C=O) groups is 1. The van der Waals surface area contributed by atoms with Crippen LogP contribution in [0.1, 0.15) is 36.6 Å². The third-order valence-electron chi connectivity index (χ3n) is 4.74. The third-order valence-corrected chi connectivity index (χ3v) is 4.74. The molecule has 0 bridgehead atoms. The maximum atomic E-state index is 12.4. The Bertz CT molecular complexity index is 707. The molecule has 1 unspecified atom stereocenters. The van der Waals surface area contributed by atoms with Crippen molar-refractivity contribution in [2.45, 2.75) is 44.9 Å². The first-order valence-corrected chi connectivity index (χ1v) is 8.52. The van der Waals surface area contributed by atoms with Crippen LogP contribution in [-0.2, 0) is 11.3 Å². The number of aryl methyl sites for hydroxylation is 2. The first kappa shape index (κ1) is 17.4. The van der Waals surface area contributed by atoms with E-state index in [9.17, 15) is 9.90 Å². The summed E-state index contributed by atoms with van der Waals surface area (Å²) in [5.74, 6) is 0.731. The molecule has 0 radical (unpaired) electrons. The summed E-state index contributed by atoms with van der Waals surface area (Å²) >= 11 is 0. The molecular weight excluding hydrogens is 320 g/mol. The van der Waals surface area contributed by atoms with Gasteiger partial charge in [0.15, 0.2) is 0 Å². The van der Waals surface area contributed by atoms with Crippen molar-refractivity contribution in [3.8, 4) is 5.88 Å². The minimum Gasteiger partial charge on any atom is -0.481 e. The van der Waals surface area contributed by atoms with Crippen LogP contribution in [0.5, 0.6) is 5.88 Å². The Kier molecular flexibility index (Phi) is 5.33. The van der Waals surface area contributed by atoms with Gasteiger partial charge in [-0.05, 0) is 37.3 Å². The summed E-state index contributed by atoms with van der Waals surface area (Å²) in [6.07, 6.45) is 4.92. The van der Waals surface area contributed by atoms with Gasteiger partial charge in [0.1, 0.15) is 0 Å². The quantitative estimate of drug-likeness (QED) is 0.797. The number of ether oxygens (including phenoxy) is 1. The summed E-state index contributed by atoms with van der Waals surface area (Å²) in [4.78, 5) is 16.7. The Morgan fingerprint density at radius 1 is 1.44 bits per heavy atom. The molecule has 7 heteroatoms. The Labute approximate surface area is 147 Å². The number of aromatic nitrogens is 3. The fourth-order valence-electron chi connectivity index (χ4n) is 3.16. The fraction of sp³-hybridized carbons (Fsp3) is 0.500. The Morgan fingerprint density at radius 2 is 2.24 bits per heavy atom. The molecule has 3 rings (SSSR count). The molecule has 1 saturated carbocycles. The third kappa shape index (κ3) is 4.17. The summed E-state index contributed by atoms with van der Waals surface area (Å²) in [7, 11) is 1.57. The smallest absolute Gasteiger partial charge is 0.222 e. The Balaban J connectivity index is 1.64. The van der Waals surface area contributed by atoms with Crippen LogP contribution in [0.15, 0.2) is 30.6 Å². The number of nitrogens with one attached hydrogen (secondary N) is 1. The number of rotatable bonds is 7. The normalized spacial score (nSPS) is 20.6. The molecule has 2 heterocycles. The van der Waals surface area contributed by atoms with Crippen molar-refractivity contribution in [3.63, 3.8) is 0 Å². The van der Waals surface area contributed by atoms with Gasteiger partial charge in [-0.25, -0.2) is 4.98 Å². The topological polar surface area (TPSA) is 89.3 Å². The highest BCUT2D eigenvalue weighted by atomic mass is 16.5. The van der Waals surface area contributed by atoms with Crippen molar-refractivity contribution in [1.29, 1.82) is 0 Å². The van der Waals surface area contributed by atoms with Crippen molar-refractivity contribution in [2.24, 2.45) is 5.92 Å². The largest absolute Gasteiger partial charge is 0.481 e. The van der Waals surface area contributed by atoms with Gasteiger partial charge in [0.05, 0.1) is 19.3 Å². The lowest BCUT2D eigenvalue weighted by Crippen LogP contribution is -2.41. The monoisotopic (exact) mass is 344 g/mol. The zero-order valence-electron chi connectivity index (χ0n) is 14.6. The van der Waals surface area contributed by atoms with E-state index in [0.717, 1.165) is 11.3 Å². The highest BCUT2D eigenvalue weighted by Gasteiger charge is 2.35. The van der Waals surface area contributed by atoms with E-state index in [2.05, 4.69) is 15.4 Å². The van der Waals surface area contributed by atoms with E-state index in [-0.39, 0.29) is 24.0 Å². The molecule has 0 aromatic carbocycles. The van der Waals surface area contributed by atoms with Gasteiger partial charge in [0.25, 0.3) is 0 Å². The van der Waals surface area contributed by atoms with Gasteiger partial charge in [-0.1, -0.05) is 6.07 Å². The van der Waals surface area contributed by atoms with Gasteiger partial charge in [-0.3, -0.25) is 9.48 Å². The molecule has 0 aliphatic heterocycles. The van der Waals surface area contributed by atoms with E-state index in [1.807, 2.05) is 23.7 Å². The highest BCUT2D eigenvalue weighted by molar-refractivity contribution is 5.76. The summed E-state index contributed by atoms with van der Waals surface area (Å²) in [6.45, 7) is 2.51. The van der Waals surface area contributed by atoms with Crippen molar-refractivity contribution in [3.05, 3.63) is 41.9 Å². The number of carbonyl (C=O) groups excluding carboxylic acids is 1. The van der Waals surface area contributed by atoms with Crippen LogP contribution >= 0.6 is 0 Å². The molecule has 134 valence electrons. The lowest BCUT2D eigenvalue weighted by atomic mass is 9.75. The number of aliphatic hydroxyl groups is 1. The molecule has 2 aromatic heterocycles.